The molecule has 5 aliphatic rings. The SMILES string of the molecule is C1=CC2=CCCC(N3C4=CCC(c5ccc6c(c5)c5ccccc5n6-c5cccc6ccccc56)CC4C4=C3CCC=C4)=C2CC1. The van der Waals surface area contributed by atoms with E-state index in [0.29, 0.717) is 11.8 Å². The lowest BCUT2D eigenvalue weighted by molar-refractivity contribution is 0.421. The maximum absolute atomic E-state index is 2.77. The van der Waals surface area contributed by atoms with Crippen molar-refractivity contribution in [3.05, 3.63) is 161 Å². The number of hydrogen-bond donors (Lipinski definition) is 0. The van der Waals surface area contributed by atoms with Crippen LogP contribution in [0.3, 0.4) is 0 Å². The van der Waals surface area contributed by atoms with Crippen molar-refractivity contribution >= 4 is 32.6 Å². The Kier molecular flexibility index (Phi) is 5.94. The van der Waals surface area contributed by atoms with Crippen LogP contribution in [0.1, 0.15) is 62.8 Å². The fraction of sp³-hybridized carbons (Fsp3) is 0.227. The van der Waals surface area contributed by atoms with E-state index in [-0.39, 0.29) is 0 Å². The second-order valence-electron chi connectivity index (χ2n) is 13.7. The predicted octanol–water partition coefficient (Wildman–Crippen LogP) is 11.6. The quantitative estimate of drug-likeness (QED) is 0.202. The number of fused-ring (bicyclic) bond motifs is 7. The van der Waals surface area contributed by atoms with Crippen LogP contribution in [0.25, 0.3) is 38.3 Å². The van der Waals surface area contributed by atoms with Crippen molar-refractivity contribution < 1.29 is 0 Å². The number of benzene rings is 4. The largest absolute Gasteiger partial charge is 0.321 e. The van der Waals surface area contributed by atoms with Gasteiger partial charge in [-0.1, -0.05) is 97.1 Å². The van der Waals surface area contributed by atoms with Crippen LogP contribution in [0.4, 0.5) is 0 Å². The molecule has 0 spiro atoms. The van der Waals surface area contributed by atoms with Crippen molar-refractivity contribution in [2.45, 2.75) is 57.3 Å². The summed E-state index contributed by atoms with van der Waals surface area (Å²) < 4.78 is 2.48. The molecule has 2 atom stereocenters. The van der Waals surface area contributed by atoms with Gasteiger partial charge in [0.1, 0.15) is 0 Å². The van der Waals surface area contributed by atoms with Gasteiger partial charge >= 0.3 is 0 Å². The first-order valence-corrected chi connectivity index (χ1v) is 17.3. The zero-order valence-electron chi connectivity index (χ0n) is 26.3. The topological polar surface area (TPSA) is 8.17 Å². The summed E-state index contributed by atoms with van der Waals surface area (Å²) in [6, 6.07) is 31.8. The fourth-order valence-corrected chi connectivity index (χ4v) is 9.27. The van der Waals surface area contributed by atoms with Crippen LogP contribution in [0.2, 0.25) is 0 Å². The highest BCUT2D eigenvalue weighted by atomic mass is 15.2. The zero-order valence-corrected chi connectivity index (χ0v) is 26.3. The molecule has 0 radical (unpaired) electrons. The minimum atomic E-state index is 0.486. The van der Waals surface area contributed by atoms with Crippen LogP contribution >= 0.6 is 0 Å². The Hall–Kier alpha value is -4.82. The van der Waals surface area contributed by atoms with Gasteiger partial charge in [0.15, 0.2) is 0 Å². The van der Waals surface area contributed by atoms with Crippen LogP contribution in [0.15, 0.2) is 155 Å². The highest BCUT2D eigenvalue weighted by Crippen LogP contribution is 2.53. The molecule has 224 valence electrons. The van der Waals surface area contributed by atoms with Gasteiger partial charge in [0.25, 0.3) is 0 Å². The van der Waals surface area contributed by atoms with E-state index in [1.54, 1.807) is 28.2 Å². The van der Waals surface area contributed by atoms with E-state index < -0.39 is 0 Å². The third-order valence-corrected chi connectivity index (χ3v) is 11.3. The highest BCUT2D eigenvalue weighted by Gasteiger charge is 2.41. The summed E-state index contributed by atoms with van der Waals surface area (Å²) in [5.41, 5.74) is 14.7. The first-order chi connectivity index (χ1) is 22.8. The number of allylic oxidation sites excluding steroid dienone is 11. The molecule has 4 aromatic carbocycles. The Bertz CT molecular complexity index is 2270. The number of hydrogen-bond acceptors (Lipinski definition) is 1. The van der Waals surface area contributed by atoms with Crippen LogP contribution in [-0.4, -0.2) is 9.47 Å². The summed E-state index contributed by atoms with van der Waals surface area (Å²) in [6.07, 6.45) is 24.0. The molecule has 0 saturated carbocycles. The fourth-order valence-electron chi connectivity index (χ4n) is 9.27. The van der Waals surface area contributed by atoms with Crippen molar-refractivity contribution in [1.29, 1.82) is 0 Å². The van der Waals surface area contributed by atoms with Crippen LogP contribution in [0.5, 0.6) is 0 Å². The molecule has 2 nitrogen and oxygen atoms in total. The summed E-state index contributed by atoms with van der Waals surface area (Å²) >= 11 is 0. The number of para-hydroxylation sites is 1. The third-order valence-electron chi connectivity index (χ3n) is 11.3. The Labute approximate surface area is 271 Å². The third kappa shape index (κ3) is 3.89. The zero-order chi connectivity index (χ0) is 30.2. The molecule has 5 aromatic rings. The standard InChI is InChI=1S/C44H38N2/c1-3-15-33-29(11-1)13-9-21-39(33)45-41-19-7-5-17-35(41)37-27-31(23-25-43(37)45)32-24-26-44-38(28-32)36-18-6-8-20-42(36)46(44)40-22-10-14-30-12-2-4-16-34(30)40/h1-3,5-7,9,11-15,17-19,21,23,25-27,32,38H,4,8,10,16,20,22,24,28H2. The molecule has 0 N–H and O–H groups in total. The average Bonchev–Trinajstić information content (AvgIpc) is 3.63. The summed E-state index contributed by atoms with van der Waals surface area (Å²) in [7, 11) is 0. The molecule has 46 heavy (non-hydrogen) atoms. The lowest BCUT2D eigenvalue weighted by Gasteiger charge is -2.36. The summed E-state index contributed by atoms with van der Waals surface area (Å²) in [4.78, 5) is 2.77. The second kappa shape index (κ2) is 10.4. The first-order valence-electron chi connectivity index (χ1n) is 17.3. The van der Waals surface area contributed by atoms with Gasteiger partial charge < -0.3 is 9.47 Å². The average molecular weight is 595 g/mol. The molecule has 0 saturated heterocycles. The predicted molar refractivity (Wildman–Crippen MR) is 192 cm³/mol. The Morgan fingerprint density at radius 3 is 2.41 bits per heavy atom. The molecule has 2 heterocycles. The van der Waals surface area contributed by atoms with Gasteiger partial charge in [-0.3, -0.25) is 0 Å². The van der Waals surface area contributed by atoms with E-state index in [1.807, 2.05) is 0 Å². The molecule has 0 bridgehead atoms. The maximum atomic E-state index is 2.77. The highest BCUT2D eigenvalue weighted by molar-refractivity contribution is 6.10. The van der Waals surface area contributed by atoms with Gasteiger partial charge in [0, 0.05) is 39.2 Å². The van der Waals surface area contributed by atoms with Crippen LogP contribution in [-0.2, 0) is 0 Å². The summed E-state index contributed by atoms with van der Waals surface area (Å²) in [6.45, 7) is 0. The van der Waals surface area contributed by atoms with Gasteiger partial charge in [0.05, 0.1) is 16.7 Å². The van der Waals surface area contributed by atoms with Gasteiger partial charge in [-0.25, -0.2) is 0 Å². The number of nitrogens with zero attached hydrogens (tertiary/aromatic N) is 2. The minimum Gasteiger partial charge on any atom is -0.321 e. The second-order valence-corrected chi connectivity index (χ2v) is 13.7. The molecule has 0 fully saturated rings. The van der Waals surface area contributed by atoms with Gasteiger partial charge in [0.2, 0.25) is 0 Å². The van der Waals surface area contributed by atoms with Crippen molar-refractivity contribution in [2.75, 3.05) is 0 Å². The number of aromatic nitrogens is 1. The molecule has 1 aromatic heterocycles. The monoisotopic (exact) mass is 594 g/mol. The van der Waals surface area contributed by atoms with Crippen LogP contribution < -0.4 is 0 Å². The van der Waals surface area contributed by atoms with Gasteiger partial charge in [-0.15, -0.1) is 0 Å². The molecular weight excluding hydrogens is 556 g/mol. The molecule has 2 heteroatoms. The molecular formula is C44H38N2. The van der Waals surface area contributed by atoms with E-state index in [2.05, 4.69) is 131 Å². The molecule has 1 aliphatic heterocycles. The summed E-state index contributed by atoms with van der Waals surface area (Å²) in [5.74, 6) is 0.999. The van der Waals surface area contributed by atoms with Crippen molar-refractivity contribution in [2.24, 2.45) is 5.92 Å². The maximum Gasteiger partial charge on any atom is 0.0541 e. The van der Waals surface area contributed by atoms with E-state index in [1.165, 1.54) is 68.7 Å². The Morgan fingerprint density at radius 2 is 1.43 bits per heavy atom. The van der Waals surface area contributed by atoms with E-state index >= 15 is 0 Å². The van der Waals surface area contributed by atoms with Crippen molar-refractivity contribution in [3.8, 4) is 5.69 Å². The van der Waals surface area contributed by atoms with Gasteiger partial charge in [-0.2, -0.15) is 0 Å². The molecule has 10 rings (SSSR count). The summed E-state index contributed by atoms with van der Waals surface area (Å²) in [5, 5.41) is 5.26. The minimum absolute atomic E-state index is 0.486. The lowest BCUT2D eigenvalue weighted by Crippen LogP contribution is -2.25. The van der Waals surface area contributed by atoms with Crippen molar-refractivity contribution in [1.82, 2.24) is 9.47 Å². The van der Waals surface area contributed by atoms with E-state index in [0.717, 1.165) is 32.1 Å². The molecule has 2 unspecified atom stereocenters. The van der Waals surface area contributed by atoms with Gasteiger partial charge in [-0.05, 0) is 109 Å². The number of rotatable bonds is 3. The Morgan fingerprint density at radius 1 is 0.630 bits per heavy atom. The first kappa shape index (κ1) is 26.4. The van der Waals surface area contributed by atoms with Crippen molar-refractivity contribution in [3.63, 3.8) is 0 Å². The molecule has 4 aliphatic carbocycles. The van der Waals surface area contributed by atoms with E-state index in [4.69, 9.17) is 0 Å². The van der Waals surface area contributed by atoms with Crippen LogP contribution in [0, 0.1) is 5.92 Å². The lowest BCUT2D eigenvalue weighted by atomic mass is 9.77. The Balaban J connectivity index is 1.07. The molecule has 0 amide bonds. The normalized spacial score (nSPS) is 22.4. The van der Waals surface area contributed by atoms with E-state index in [9.17, 15) is 0 Å². The smallest absolute Gasteiger partial charge is 0.0541 e.